The van der Waals surface area contributed by atoms with Crippen LogP contribution < -0.4 is 0 Å². The molecule has 4 N–H and O–H groups in total. The van der Waals surface area contributed by atoms with Crippen LogP contribution in [-0.4, -0.2) is 39.0 Å². The van der Waals surface area contributed by atoms with Gasteiger partial charge in [0.15, 0.2) is 0 Å². The van der Waals surface area contributed by atoms with Crippen LogP contribution in [0.25, 0.3) is 10.4 Å². The highest BCUT2D eigenvalue weighted by Gasteiger charge is 2.19. The monoisotopic (exact) mass is 253 g/mol. The van der Waals surface area contributed by atoms with Crippen molar-refractivity contribution in [1.82, 2.24) is 0 Å². The predicted molar refractivity (Wildman–Crippen MR) is 60.0 cm³/mol. The summed E-state index contributed by atoms with van der Waals surface area (Å²) in [5.41, 5.74) is 7.88. The lowest BCUT2D eigenvalue weighted by molar-refractivity contribution is 0.0243. The van der Waals surface area contributed by atoms with Crippen molar-refractivity contribution in [2.24, 2.45) is 5.11 Å². The Morgan fingerprint density at radius 1 is 1.44 bits per heavy atom. The molecule has 0 aromatic heterocycles. The Kier molecular flexibility index (Phi) is 4.50. The molecule has 0 bridgehead atoms. The molecule has 2 atom stereocenters. The first kappa shape index (κ1) is 13.8. The molecular formula is C10H11N3O5. The van der Waals surface area contributed by atoms with Gasteiger partial charge in [-0.05, 0) is 23.2 Å². The van der Waals surface area contributed by atoms with E-state index >= 15 is 0 Å². The molecule has 96 valence electrons. The third-order valence-electron chi connectivity index (χ3n) is 2.29. The largest absolute Gasteiger partial charge is 0.507 e. The Morgan fingerprint density at radius 3 is 2.61 bits per heavy atom. The number of hydrogen-bond donors (Lipinski definition) is 4. The Labute approximate surface area is 101 Å². The lowest BCUT2D eigenvalue weighted by atomic mass is 10.0. The number of benzene rings is 1. The average molecular weight is 253 g/mol. The quantitative estimate of drug-likeness (QED) is 0.348. The minimum absolute atomic E-state index is 0.123. The first-order valence-corrected chi connectivity index (χ1v) is 4.90. The van der Waals surface area contributed by atoms with Gasteiger partial charge in [-0.3, -0.25) is 0 Å². The van der Waals surface area contributed by atoms with Crippen molar-refractivity contribution < 1.29 is 25.2 Å². The van der Waals surface area contributed by atoms with Crippen LogP contribution in [0.2, 0.25) is 0 Å². The third-order valence-corrected chi connectivity index (χ3v) is 2.29. The standard InChI is InChI=1S/C10H11N3O5/c11-13-12-4-8(15)9(16)5-1-2-6(10(17)18)7(14)3-5/h1-3,8-9,14-16H,4H2,(H,17,18). The summed E-state index contributed by atoms with van der Waals surface area (Å²) >= 11 is 0. The van der Waals surface area contributed by atoms with Crippen molar-refractivity contribution in [3.8, 4) is 5.75 Å². The van der Waals surface area contributed by atoms with Gasteiger partial charge in [0.2, 0.25) is 0 Å². The van der Waals surface area contributed by atoms with E-state index in [1.807, 2.05) is 0 Å². The molecule has 2 unspecified atom stereocenters. The van der Waals surface area contributed by atoms with Crippen LogP contribution in [0, 0.1) is 0 Å². The van der Waals surface area contributed by atoms with Crippen LogP contribution in [0.15, 0.2) is 23.3 Å². The summed E-state index contributed by atoms with van der Waals surface area (Å²) in [5.74, 6) is -1.82. The second-order valence-corrected chi connectivity index (χ2v) is 3.51. The van der Waals surface area contributed by atoms with Crippen molar-refractivity contribution in [3.05, 3.63) is 39.8 Å². The molecular weight excluding hydrogens is 242 g/mol. The van der Waals surface area contributed by atoms with E-state index in [4.69, 9.17) is 10.6 Å². The number of carbonyl (C=O) groups is 1. The first-order valence-electron chi connectivity index (χ1n) is 4.90. The Morgan fingerprint density at radius 2 is 2.11 bits per heavy atom. The van der Waals surface area contributed by atoms with E-state index in [-0.39, 0.29) is 17.7 Å². The fourth-order valence-corrected chi connectivity index (χ4v) is 1.36. The number of azide groups is 1. The minimum Gasteiger partial charge on any atom is -0.507 e. The van der Waals surface area contributed by atoms with Crippen LogP contribution in [0.5, 0.6) is 5.75 Å². The van der Waals surface area contributed by atoms with E-state index in [1.165, 1.54) is 6.07 Å². The number of carboxylic acid groups (broad SMARTS) is 1. The lowest BCUT2D eigenvalue weighted by Gasteiger charge is -2.16. The van der Waals surface area contributed by atoms with Gasteiger partial charge in [-0.2, -0.15) is 0 Å². The number of aliphatic hydroxyl groups is 2. The normalized spacial score (nSPS) is 13.4. The van der Waals surface area contributed by atoms with Crippen LogP contribution in [0.3, 0.4) is 0 Å². The third kappa shape index (κ3) is 3.11. The van der Waals surface area contributed by atoms with Crippen molar-refractivity contribution >= 4 is 5.97 Å². The molecule has 0 radical (unpaired) electrons. The minimum atomic E-state index is -1.38. The van der Waals surface area contributed by atoms with E-state index in [0.717, 1.165) is 12.1 Å². The molecule has 0 heterocycles. The van der Waals surface area contributed by atoms with Gasteiger partial charge >= 0.3 is 5.97 Å². The van der Waals surface area contributed by atoms with Crippen LogP contribution >= 0.6 is 0 Å². The number of phenols is 1. The van der Waals surface area contributed by atoms with Gasteiger partial charge in [0.05, 0.1) is 12.6 Å². The molecule has 1 aromatic carbocycles. The summed E-state index contributed by atoms with van der Waals surface area (Å²) < 4.78 is 0. The smallest absolute Gasteiger partial charge is 0.339 e. The molecule has 1 aromatic rings. The second-order valence-electron chi connectivity index (χ2n) is 3.51. The van der Waals surface area contributed by atoms with E-state index < -0.39 is 23.9 Å². The molecule has 0 aliphatic carbocycles. The summed E-state index contributed by atoms with van der Waals surface area (Å²) in [5, 5.41) is 40.3. The van der Waals surface area contributed by atoms with Gasteiger partial charge in [0.25, 0.3) is 0 Å². The Balaban J connectivity index is 2.93. The molecule has 8 nitrogen and oxygen atoms in total. The van der Waals surface area contributed by atoms with Gasteiger partial charge in [-0.25, -0.2) is 4.79 Å². The molecule has 8 heteroatoms. The Bertz CT molecular complexity index is 498. The number of hydrogen-bond acceptors (Lipinski definition) is 5. The summed E-state index contributed by atoms with van der Waals surface area (Å²) in [6, 6.07) is 3.40. The average Bonchev–Trinajstić information content (AvgIpc) is 2.34. The molecule has 18 heavy (non-hydrogen) atoms. The zero-order valence-corrected chi connectivity index (χ0v) is 9.13. The highest BCUT2D eigenvalue weighted by Crippen LogP contribution is 2.24. The molecule has 0 fully saturated rings. The van der Waals surface area contributed by atoms with Gasteiger partial charge in [-0.1, -0.05) is 11.2 Å². The topological polar surface area (TPSA) is 147 Å². The zero-order valence-electron chi connectivity index (χ0n) is 9.13. The maximum absolute atomic E-state index is 10.7. The van der Waals surface area contributed by atoms with Crippen molar-refractivity contribution in [2.45, 2.75) is 12.2 Å². The zero-order chi connectivity index (χ0) is 13.7. The highest BCUT2D eigenvalue weighted by molar-refractivity contribution is 5.90. The van der Waals surface area contributed by atoms with Gasteiger partial charge in [0.1, 0.15) is 17.4 Å². The SMILES string of the molecule is [N-]=[N+]=NCC(O)C(O)c1ccc(C(=O)O)c(O)c1. The molecule has 0 amide bonds. The second kappa shape index (κ2) is 5.87. The summed E-state index contributed by atoms with van der Waals surface area (Å²) in [6.07, 6.45) is -2.72. The summed E-state index contributed by atoms with van der Waals surface area (Å²) in [6.45, 7) is -0.334. The molecule has 1 rings (SSSR count). The van der Waals surface area contributed by atoms with E-state index in [0.29, 0.717) is 0 Å². The summed E-state index contributed by atoms with van der Waals surface area (Å²) in [4.78, 5) is 13.1. The van der Waals surface area contributed by atoms with Crippen LogP contribution in [0.1, 0.15) is 22.0 Å². The van der Waals surface area contributed by atoms with Gasteiger partial charge < -0.3 is 20.4 Å². The first-order chi connectivity index (χ1) is 8.47. The number of aromatic carboxylic acids is 1. The van der Waals surface area contributed by atoms with Gasteiger partial charge in [0, 0.05) is 4.91 Å². The van der Waals surface area contributed by atoms with Crippen molar-refractivity contribution in [3.63, 3.8) is 0 Å². The number of rotatable bonds is 5. The molecule has 0 saturated heterocycles. The number of nitrogens with zero attached hydrogens (tertiary/aromatic N) is 3. The number of aromatic hydroxyl groups is 1. The fourth-order valence-electron chi connectivity index (χ4n) is 1.36. The van der Waals surface area contributed by atoms with E-state index in [9.17, 15) is 20.1 Å². The summed E-state index contributed by atoms with van der Waals surface area (Å²) in [7, 11) is 0. The maximum atomic E-state index is 10.7. The van der Waals surface area contributed by atoms with Gasteiger partial charge in [-0.15, -0.1) is 0 Å². The highest BCUT2D eigenvalue weighted by atomic mass is 16.4. The number of aliphatic hydroxyl groups excluding tert-OH is 2. The fraction of sp³-hybridized carbons (Fsp3) is 0.300. The number of carboxylic acids is 1. The van der Waals surface area contributed by atoms with Crippen molar-refractivity contribution in [2.75, 3.05) is 6.54 Å². The van der Waals surface area contributed by atoms with E-state index in [1.54, 1.807) is 0 Å². The van der Waals surface area contributed by atoms with E-state index in [2.05, 4.69) is 10.0 Å². The molecule has 0 aliphatic heterocycles. The Hall–Kier alpha value is -2.28. The maximum Gasteiger partial charge on any atom is 0.339 e. The molecule has 0 spiro atoms. The molecule has 0 saturated carbocycles. The van der Waals surface area contributed by atoms with Crippen LogP contribution in [0.4, 0.5) is 0 Å². The lowest BCUT2D eigenvalue weighted by Crippen LogP contribution is -2.21. The van der Waals surface area contributed by atoms with Crippen molar-refractivity contribution in [1.29, 1.82) is 0 Å². The predicted octanol–water partition coefficient (Wildman–Crippen LogP) is 0.795. The molecule has 0 aliphatic rings. The van der Waals surface area contributed by atoms with Crippen LogP contribution in [-0.2, 0) is 0 Å².